The van der Waals surface area contributed by atoms with Gasteiger partial charge in [0, 0.05) is 18.0 Å². The molecule has 7 nitrogen and oxygen atoms in total. The van der Waals surface area contributed by atoms with E-state index in [1.54, 1.807) is 54.6 Å². The maximum absolute atomic E-state index is 12.9. The van der Waals surface area contributed by atoms with Crippen LogP contribution >= 0.6 is 11.6 Å². The molecule has 9 heteroatoms. The number of amides is 1. The molecule has 2 N–H and O–H groups in total. The summed E-state index contributed by atoms with van der Waals surface area (Å²) in [5, 5.41) is 3.35. The van der Waals surface area contributed by atoms with Crippen molar-refractivity contribution in [3.63, 3.8) is 0 Å². The minimum absolute atomic E-state index is 0.0851. The highest BCUT2D eigenvalue weighted by Crippen LogP contribution is 2.32. The first kappa shape index (κ1) is 22.1. The number of ether oxygens (including phenoxy) is 2. The standard InChI is InChI=1S/C23H21ClN2O5S/c24-18-9-7-17(8-10-18)20(26-32(28,29)19-4-2-1-3-5-19)13-23(27)25-14-16-6-11-21-22(12-16)31-15-30-21/h1-12,20,26H,13-15H2,(H,25,27)/t20-/m1/s1. The molecule has 0 spiro atoms. The number of benzene rings is 3. The van der Waals surface area contributed by atoms with Crippen LogP contribution in [0.2, 0.25) is 5.02 Å². The first-order valence-electron chi connectivity index (χ1n) is 9.89. The summed E-state index contributed by atoms with van der Waals surface area (Å²) in [5.74, 6) is 0.989. The zero-order valence-corrected chi connectivity index (χ0v) is 18.5. The number of fused-ring (bicyclic) bond motifs is 1. The summed E-state index contributed by atoms with van der Waals surface area (Å²) in [6.07, 6.45) is -0.0851. The summed E-state index contributed by atoms with van der Waals surface area (Å²) < 4.78 is 39.0. The number of nitrogens with one attached hydrogen (secondary N) is 2. The zero-order chi connectivity index (χ0) is 22.6. The van der Waals surface area contributed by atoms with Gasteiger partial charge >= 0.3 is 0 Å². The molecule has 166 valence electrons. The number of sulfonamides is 1. The average molecular weight is 473 g/mol. The van der Waals surface area contributed by atoms with Gasteiger partial charge in [0.2, 0.25) is 22.7 Å². The number of halogens is 1. The second kappa shape index (κ2) is 9.60. The van der Waals surface area contributed by atoms with Crippen molar-refractivity contribution < 1.29 is 22.7 Å². The van der Waals surface area contributed by atoms with Crippen molar-refractivity contribution in [3.8, 4) is 11.5 Å². The number of carbonyl (C=O) groups excluding carboxylic acids is 1. The molecule has 0 aliphatic carbocycles. The van der Waals surface area contributed by atoms with Crippen LogP contribution in [0.4, 0.5) is 0 Å². The summed E-state index contributed by atoms with van der Waals surface area (Å²) in [6.45, 7) is 0.448. The Kier molecular flexibility index (Phi) is 6.64. The van der Waals surface area contributed by atoms with E-state index >= 15 is 0 Å². The van der Waals surface area contributed by atoms with Crippen LogP contribution in [-0.2, 0) is 21.4 Å². The second-order valence-corrected chi connectivity index (χ2v) is 9.36. The van der Waals surface area contributed by atoms with Gasteiger partial charge < -0.3 is 14.8 Å². The SMILES string of the molecule is O=C(C[C@@H](NS(=O)(=O)c1ccccc1)c1ccc(Cl)cc1)NCc1ccc2c(c1)OCO2. The Hall–Kier alpha value is -3.07. The van der Waals surface area contributed by atoms with Gasteiger partial charge in [0.1, 0.15) is 0 Å². The van der Waals surface area contributed by atoms with Crippen LogP contribution in [0.5, 0.6) is 11.5 Å². The van der Waals surface area contributed by atoms with Gasteiger partial charge in [-0.1, -0.05) is 48.0 Å². The minimum atomic E-state index is -3.83. The Morgan fingerprint density at radius 2 is 1.69 bits per heavy atom. The number of hydrogen-bond acceptors (Lipinski definition) is 5. The van der Waals surface area contributed by atoms with Crippen LogP contribution in [0, 0.1) is 0 Å². The molecule has 32 heavy (non-hydrogen) atoms. The molecule has 3 aromatic carbocycles. The normalized spacial score (nSPS) is 13.5. The largest absolute Gasteiger partial charge is 0.454 e. The van der Waals surface area contributed by atoms with E-state index in [4.69, 9.17) is 21.1 Å². The van der Waals surface area contributed by atoms with E-state index in [1.165, 1.54) is 12.1 Å². The highest BCUT2D eigenvalue weighted by molar-refractivity contribution is 7.89. The van der Waals surface area contributed by atoms with E-state index in [9.17, 15) is 13.2 Å². The predicted molar refractivity (Wildman–Crippen MR) is 120 cm³/mol. The summed E-state index contributed by atoms with van der Waals surface area (Å²) >= 11 is 5.97. The molecule has 3 aromatic rings. The molecular weight excluding hydrogens is 452 g/mol. The highest BCUT2D eigenvalue weighted by Gasteiger charge is 2.24. The molecule has 0 saturated heterocycles. The number of hydrogen-bond donors (Lipinski definition) is 2. The Morgan fingerprint density at radius 1 is 0.969 bits per heavy atom. The van der Waals surface area contributed by atoms with Crippen molar-refractivity contribution in [2.75, 3.05) is 6.79 Å². The van der Waals surface area contributed by atoms with Crippen molar-refractivity contribution >= 4 is 27.5 Å². The summed E-state index contributed by atoms with van der Waals surface area (Å²) in [5.41, 5.74) is 1.47. The summed E-state index contributed by atoms with van der Waals surface area (Å²) in [7, 11) is -3.83. The van der Waals surface area contributed by atoms with Crippen LogP contribution in [0.3, 0.4) is 0 Å². The molecule has 1 amide bonds. The third kappa shape index (κ3) is 5.40. The molecular formula is C23H21ClN2O5S. The molecule has 4 rings (SSSR count). The molecule has 0 unspecified atom stereocenters. The van der Waals surface area contributed by atoms with Gasteiger partial charge in [-0.05, 0) is 47.5 Å². The van der Waals surface area contributed by atoms with E-state index in [-0.39, 0.29) is 30.6 Å². The maximum atomic E-state index is 12.9. The van der Waals surface area contributed by atoms with E-state index in [2.05, 4.69) is 10.0 Å². The first-order valence-corrected chi connectivity index (χ1v) is 11.7. The minimum Gasteiger partial charge on any atom is -0.454 e. The molecule has 0 aromatic heterocycles. The Bertz CT molecular complexity index is 1200. The van der Waals surface area contributed by atoms with Crippen molar-refractivity contribution in [3.05, 3.63) is 88.9 Å². The average Bonchev–Trinajstić information content (AvgIpc) is 3.26. The van der Waals surface area contributed by atoms with Gasteiger partial charge in [-0.2, -0.15) is 0 Å². The van der Waals surface area contributed by atoms with Gasteiger partial charge in [0.15, 0.2) is 11.5 Å². The quantitative estimate of drug-likeness (QED) is 0.520. The number of rotatable bonds is 8. The first-order chi connectivity index (χ1) is 15.4. The van der Waals surface area contributed by atoms with E-state index in [1.807, 2.05) is 6.07 Å². The Balaban J connectivity index is 1.47. The molecule has 1 aliphatic heterocycles. The van der Waals surface area contributed by atoms with Crippen LogP contribution in [0.15, 0.2) is 77.7 Å². The lowest BCUT2D eigenvalue weighted by Crippen LogP contribution is -2.33. The van der Waals surface area contributed by atoms with Crippen molar-refractivity contribution in [1.82, 2.24) is 10.0 Å². The van der Waals surface area contributed by atoms with E-state index in [0.717, 1.165) is 5.56 Å². The monoisotopic (exact) mass is 472 g/mol. The predicted octanol–water partition coefficient (Wildman–Crippen LogP) is 3.79. The molecule has 0 fully saturated rings. The van der Waals surface area contributed by atoms with Crippen molar-refractivity contribution in [1.29, 1.82) is 0 Å². The lowest BCUT2D eigenvalue weighted by atomic mass is 10.0. The van der Waals surface area contributed by atoms with Gasteiger partial charge in [0.05, 0.1) is 10.9 Å². The lowest BCUT2D eigenvalue weighted by Gasteiger charge is -2.19. The third-order valence-corrected chi connectivity index (χ3v) is 6.68. The smallest absolute Gasteiger partial charge is 0.241 e. The van der Waals surface area contributed by atoms with Crippen molar-refractivity contribution in [2.45, 2.75) is 23.9 Å². The van der Waals surface area contributed by atoms with Gasteiger partial charge in [0.25, 0.3) is 0 Å². The van der Waals surface area contributed by atoms with Gasteiger partial charge in [-0.15, -0.1) is 0 Å². The summed E-state index contributed by atoms with van der Waals surface area (Å²) in [6, 6.07) is 19.4. The van der Waals surface area contributed by atoms with Crippen LogP contribution in [0.1, 0.15) is 23.6 Å². The highest BCUT2D eigenvalue weighted by atomic mass is 35.5. The molecule has 1 atom stereocenters. The molecule has 0 radical (unpaired) electrons. The van der Waals surface area contributed by atoms with E-state index < -0.39 is 16.1 Å². The fourth-order valence-corrected chi connectivity index (χ4v) is 4.66. The van der Waals surface area contributed by atoms with Gasteiger partial charge in [-0.25, -0.2) is 13.1 Å². The van der Waals surface area contributed by atoms with Crippen molar-refractivity contribution in [2.24, 2.45) is 0 Å². The molecule has 0 saturated carbocycles. The maximum Gasteiger partial charge on any atom is 0.241 e. The topological polar surface area (TPSA) is 93.7 Å². The third-order valence-electron chi connectivity index (χ3n) is 4.94. The fourth-order valence-electron chi connectivity index (χ4n) is 3.29. The Morgan fingerprint density at radius 3 is 2.44 bits per heavy atom. The fraction of sp³-hybridized carbons (Fsp3) is 0.174. The van der Waals surface area contributed by atoms with Gasteiger partial charge in [-0.3, -0.25) is 4.79 Å². The van der Waals surface area contributed by atoms with Crippen LogP contribution < -0.4 is 19.5 Å². The zero-order valence-electron chi connectivity index (χ0n) is 17.0. The van der Waals surface area contributed by atoms with Crippen LogP contribution in [0.25, 0.3) is 0 Å². The number of carbonyl (C=O) groups is 1. The molecule has 1 heterocycles. The lowest BCUT2D eigenvalue weighted by molar-refractivity contribution is -0.121. The van der Waals surface area contributed by atoms with Crippen LogP contribution in [-0.4, -0.2) is 21.1 Å². The Labute approximate surface area is 191 Å². The molecule has 0 bridgehead atoms. The summed E-state index contributed by atoms with van der Waals surface area (Å²) in [4.78, 5) is 12.8. The molecule has 1 aliphatic rings. The second-order valence-electron chi connectivity index (χ2n) is 7.21. The van der Waals surface area contributed by atoms with E-state index in [0.29, 0.717) is 22.1 Å².